The van der Waals surface area contributed by atoms with E-state index in [1.165, 1.54) is 0 Å². The van der Waals surface area contributed by atoms with E-state index in [2.05, 4.69) is 6.07 Å². The zero-order valence-corrected chi connectivity index (χ0v) is 9.83. The number of aryl methyl sites for hydroxylation is 1. The molecule has 1 aromatic carbocycles. The summed E-state index contributed by atoms with van der Waals surface area (Å²) in [5, 5.41) is 8.97. The van der Waals surface area contributed by atoms with Gasteiger partial charge in [-0.15, -0.1) is 0 Å². The summed E-state index contributed by atoms with van der Waals surface area (Å²) in [6.07, 6.45) is 0.652. The highest BCUT2D eigenvalue weighted by Crippen LogP contribution is 2.20. The summed E-state index contributed by atoms with van der Waals surface area (Å²) in [7, 11) is 0. The third-order valence-corrected chi connectivity index (χ3v) is 2.47. The molecule has 0 atom stereocenters. The minimum absolute atomic E-state index is 0.339. The van der Waals surface area contributed by atoms with Crippen LogP contribution in [-0.4, -0.2) is 12.6 Å². The van der Waals surface area contributed by atoms with E-state index in [0.717, 1.165) is 11.1 Å². The summed E-state index contributed by atoms with van der Waals surface area (Å²) < 4.78 is 5.00. The summed E-state index contributed by atoms with van der Waals surface area (Å²) in [6.45, 7) is 5.90. The van der Waals surface area contributed by atoms with Gasteiger partial charge in [-0.1, -0.05) is 13.0 Å². The number of hydrogen-bond acceptors (Lipinski definition) is 3. The molecule has 84 valence electrons. The quantitative estimate of drug-likeness (QED) is 0.731. The van der Waals surface area contributed by atoms with Gasteiger partial charge in [-0.05, 0) is 37.5 Å². The molecule has 3 heteroatoms. The van der Waals surface area contributed by atoms with Gasteiger partial charge < -0.3 is 4.74 Å². The SMILES string of the molecule is CCOC(=O)c1c(C)ccc(C#N)c1CC. The van der Waals surface area contributed by atoms with Crippen molar-refractivity contribution in [2.45, 2.75) is 27.2 Å². The Kier molecular flexibility index (Phi) is 4.07. The van der Waals surface area contributed by atoms with E-state index >= 15 is 0 Å². The molecule has 0 saturated carbocycles. The van der Waals surface area contributed by atoms with Crippen LogP contribution in [0.3, 0.4) is 0 Å². The second kappa shape index (κ2) is 5.32. The minimum Gasteiger partial charge on any atom is -0.462 e. The summed E-state index contributed by atoms with van der Waals surface area (Å²) in [5.74, 6) is -0.339. The van der Waals surface area contributed by atoms with Crippen molar-refractivity contribution < 1.29 is 9.53 Å². The highest BCUT2D eigenvalue weighted by atomic mass is 16.5. The van der Waals surface area contributed by atoms with E-state index < -0.39 is 0 Å². The number of nitrogens with zero attached hydrogens (tertiary/aromatic N) is 1. The predicted molar refractivity (Wildman–Crippen MR) is 61.2 cm³/mol. The summed E-state index contributed by atoms with van der Waals surface area (Å²) in [4.78, 5) is 11.8. The number of ether oxygens (including phenoxy) is 1. The lowest BCUT2D eigenvalue weighted by atomic mass is 9.95. The molecule has 0 aromatic heterocycles. The van der Waals surface area contributed by atoms with Crippen LogP contribution < -0.4 is 0 Å². The van der Waals surface area contributed by atoms with Crippen LogP contribution in [0, 0.1) is 18.3 Å². The molecule has 0 aliphatic rings. The molecule has 0 heterocycles. The van der Waals surface area contributed by atoms with Gasteiger partial charge in [0.25, 0.3) is 0 Å². The second-order valence-electron chi connectivity index (χ2n) is 3.47. The van der Waals surface area contributed by atoms with Crippen molar-refractivity contribution in [3.8, 4) is 6.07 Å². The molecule has 3 nitrogen and oxygen atoms in total. The van der Waals surface area contributed by atoms with Gasteiger partial charge in [-0.25, -0.2) is 4.79 Å². The standard InChI is InChI=1S/C13H15NO2/c1-4-11-10(8-14)7-6-9(3)12(11)13(15)16-5-2/h6-7H,4-5H2,1-3H3. The van der Waals surface area contributed by atoms with Crippen LogP contribution in [0.25, 0.3) is 0 Å². The summed E-state index contributed by atoms with van der Waals surface area (Å²) in [5.41, 5.74) is 2.73. The van der Waals surface area contributed by atoms with Crippen molar-refractivity contribution in [3.05, 3.63) is 34.4 Å². The van der Waals surface area contributed by atoms with Gasteiger partial charge in [0.05, 0.1) is 23.8 Å². The molecule has 0 aliphatic carbocycles. The largest absolute Gasteiger partial charge is 0.462 e. The Morgan fingerprint density at radius 3 is 2.62 bits per heavy atom. The first kappa shape index (κ1) is 12.3. The number of carbonyl (C=O) groups is 1. The molecule has 1 rings (SSSR count). The maximum atomic E-state index is 11.8. The van der Waals surface area contributed by atoms with Crippen LogP contribution in [0.5, 0.6) is 0 Å². The van der Waals surface area contributed by atoms with Crippen LogP contribution in [0.2, 0.25) is 0 Å². The van der Waals surface area contributed by atoms with Crippen LogP contribution in [0.15, 0.2) is 12.1 Å². The maximum Gasteiger partial charge on any atom is 0.338 e. The van der Waals surface area contributed by atoms with Crippen LogP contribution >= 0.6 is 0 Å². The fourth-order valence-electron chi connectivity index (χ4n) is 1.72. The first-order valence-corrected chi connectivity index (χ1v) is 5.35. The minimum atomic E-state index is -0.339. The lowest BCUT2D eigenvalue weighted by Crippen LogP contribution is -2.11. The Morgan fingerprint density at radius 2 is 2.12 bits per heavy atom. The monoisotopic (exact) mass is 217 g/mol. The molecule has 16 heavy (non-hydrogen) atoms. The third kappa shape index (κ3) is 2.22. The zero-order chi connectivity index (χ0) is 12.1. The molecule has 0 aliphatic heterocycles. The van der Waals surface area contributed by atoms with Crippen molar-refractivity contribution in [2.75, 3.05) is 6.61 Å². The number of benzene rings is 1. The highest BCUT2D eigenvalue weighted by Gasteiger charge is 2.17. The van der Waals surface area contributed by atoms with Gasteiger partial charge in [-0.2, -0.15) is 5.26 Å². The molecule has 0 radical (unpaired) electrons. The Balaban J connectivity index is 3.35. The number of nitriles is 1. The second-order valence-corrected chi connectivity index (χ2v) is 3.47. The molecular formula is C13H15NO2. The first-order valence-electron chi connectivity index (χ1n) is 5.35. The first-order chi connectivity index (χ1) is 7.65. The Hall–Kier alpha value is -1.82. The maximum absolute atomic E-state index is 11.8. The zero-order valence-electron chi connectivity index (χ0n) is 9.83. The smallest absolute Gasteiger partial charge is 0.338 e. The van der Waals surface area contributed by atoms with Crippen LogP contribution in [0.1, 0.15) is 40.9 Å². The van der Waals surface area contributed by atoms with Gasteiger partial charge in [0.2, 0.25) is 0 Å². The van der Waals surface area contributed by atoms with Crippen molar-refractivity contribution in [3.63, 3.8) is 0 Å². The van der Waals surface area contributed by atoms with E-state index in [0.29, 0.717) is 24.2 Å². The van der Waals surface area contributed by atoms with Crippen molar-refractivity contribution in [2.24, 2.45) is 0 Å². The van der Waals surface area contributed by atoms with E-state index in [-0.39, 0.29) is 5.97 Å². The van der Waals surface area contributed by atoms with Crippen molar-refractivity contribution >= 4 is 5.97 Å². The van der Waals surface area contributed by atoms with E-state index in [1.807, 2.05) is 13.8 Å². The fraction of sp³-hybridized carbons (Fsp3) is 0.385. The number of hydrogen-bond donors (Lipinski definition) is 0. The summed E-state index contributed by atoms with van der Waals surface area (Å²) >= 11 is 0. The Labute approximate surface area is 95.7 Å². The molecule has 0 spiro atoms. The van der Waals surface area contributed by atoms with E-state index in [1.54, 1.807) is 19.1 Å². The molecule has 0 amide bonds. The summed E-state index contributed by atoms with van der Waals surface area (Å²) in [6, 6.07) is 5.63. The van der Waals surface area contributed by atoms with Gasteiger partial charge in [0.15, 0.2) is 0 Å². The van der Waals surface area contributed by atoms with Gasteiger partial charge >= 0.3 is 5.97 Å². The molecular weight excluding hydrogens is 202 g/mol. The number of carbonyl (C=O) groups excluding carboxylic acids is 1. The molecule has 0 saturated heterocycles. The fourth-order valence-corrected chi connectivity index (χ4v) is 1.72. The van der Waals surface area contributed by atoms with Gasteiger partial charge in [0.1, 0.15) is 0 Å². The van der Waals surface area contributed by atoms with Crippen molar-refractivity contribution in [1.82, 2.24) is 0 Å². The molecule has 0 bridgehead atoms. The topological polar surface area (TPSA) is 50.1 Å². The average molecular weight is 217 g/mol. The van der Waals surface area contributed by atoms with Crippen LogP contribution in [0.4, 0.5) is 0 Å². The van der Waals surface area contributed by atoms with Crippen LogP contribution in [-0.2, 0) is 11.2 Å². The Morgan fingerprint density at radius 1 is 1.44 bits per heavy atom. The molecule has 1 aromatic rings. The van der Waals surface area contributed by atoms with E-state index in [4.69, 9.17) is 10.00 Å². The van der Waals surface area contributed by atoms with Gasteiger partial charge in [0, 0.05) is 0 Å². The normalized spacial score (nSPS) is 9.62. The predicted octanol–water partition coefficient (Wildman–Crippen LogP) is 2.61. The third-order valence-electron chi connectivity index (χ3n) is 2.47. The molecule has 0 unspecified atom stereocenters. The van der Waals surface area contributed by atoms with Gasteiger partial charge in [-0.3, -0.25) is 0 Å². The number of esters is 1. The number of rotatable bonds is 3. The Bertz CT molecular complexity index is 444. The lowest BCUT2D eigenvalue weighted by molar-refractivity contribution is 0.0524. The van der Waals surface area contributed by atoms with E-state index in [9.17, 15) is 4.79 Å². The lowest BCUT2D eigenvalue weighted by Gasteiger charge is -2.11. The average Bonchev–Trinajstić information content (AvgIpc) is 2.28. The van der Waals surface area contributed by atoms with Crippen molar-refractivity contribution in [1.29, 1.82) is 5.26 Å². The molecule has 0 fully saturated rings. The highest BCUT2D eigenvalue weighted by molar-refractivity contribution is 5.93. The molecule has 0 N–H and O–H groups in total.